The van der Waals surface area contributed by atoms with E-state index in [0.717, 1.165) is 17.2 Å². The molecule has 0 saturated carbocycles. The summed E-state index contributed by atoms with van der Waals surface area (Å²) in [6.07, 6.45) is 1.19. The number of aromatic nitrogens is 1. The van der Waals surface area contributed by atoms with Crippen LogP contribution in [0.1, 0.15) is 21.5 Å². The van der Waals surface area contributed by atoms with Gasteiger partial charge in [0.25, 0.3) is 11.5 Å². The van der Waals surface area contributed by atoms with Gasteiger partial charge in [0.2, 0.25) is 0 Å². The zero-order valence-electron chi connectivity index (χ0n) is 10.7. The fraction of sp³-hybridized carbons (Fsp3) is 0.143. The van der Waals surface area contributed by atoms with E-state index in [1.165, 1.54) is 6.20 Å². The van der Waals surface area contributed by atoms with Crippen molar-refractivity contribution in [1.82, 2.24) is 4.98 Å². The topological polar surface area (TPSA) is 82.2 Å². The van der Waals surface area contributed by atoms with E-state index in [1.807, 2.05) is 32.0 Å². The molecule has 1 aromatic heterocycles. The van der Waals surface area contributed by atoms with E-state index in [-0.39, 0.29) is 11.3 Å². The molecule has 0 radical (unpaired) electrons. The number of anilines is 1. The van der Waals surface area contributed by atoms with Crippen LogP contribution in [0.25, 0.3) is 0 Å². The SMILES string of the molecule is Cc1ccc(C)c(NC(=O)c2c[nH]c(=O)cc2O)c1. The zero-order chi connectivity index (χ0) is 14.0. The van der Waals surface area contributed by atoms with Crippen LogP contribution < -0.4 is 10.9 Å². The molecule has 0 spiro atoms. The van der Waals surface area contributed by atoms with Crippen molar-refractivity contribution >= 4 is 11.6 Å². The van der Waals surface area contributed by atoms with Crippen molar-refractivity contribution in [3.63, 3.8) is 0 Å². The number of pyridine rings is 1. The van der Waals surface area contributed by atoms with Crippen molar-refractivity contribution in [2.24, 2.45) is 0 Å². The third-order valence-corrected chi connectivity index (χ3v) is 2.79. The summed E-state index contributed by atoms with van der Waals surface area (Å²) in [6.45, 7) is 3.80. The van der Waals surface area contributed by atoms with Crippen molar-refractivity contribution in [2.75, 3.05) is 5.32 Å². The Balaban J connectivity index is 2.30. The van der Waals surface area contributed by atoms with Crippen LogP contribution in [0.5, 0.6) is 5.75 Å². The highest BCUT2D eigenvalue weighted by atomic mass is 16.3. The highest BCUT2D eigenvalue weighted by Crippen LogP contribution is 2.19. The zero-order valence-corrected chi connectivity index (χ0v) is 10.7. The molecule has 3 N–H and O–H groups in total. The Bertz CT molecular complexity index is 689. The fourth-order valence-corrected chi connectivity index (χ4v) is 1.70. The van der Waals surface area contributed by atoms with Gasteiger partial charge in [-0.15, -0.1) is 0 Å². The van der Waals surface area contributed by atoms with Gasteiger partial charge in [0, 0.05) is 18.0 Å². The Morgan fingerprint density at radius 2 is 2.00 bits per heavy atom. The summed E-state index contributed by atoms with van der Waals surface area (Å²) in [4.78, 5) is 25.3. The van der Waals surface area contributed by atoms with E-state index in [4.69, 9.17) is 0 Å². The molecule has 0 bridgehead atoms. The molecule has 0 atom stereocenters. The molecule has 1 amide bonds. The second kappa shape index (κ2) is 4.97. The first-order chi connectivity index (χ1) is 8.97. The molecule has 0 saturated heterocycles. The summed E-state index contributed by atoms with van der Waals surface area (Å²) in [6, 6.07) is 6.66. The van der Waals surface area contributed by atoms with Crippen LogP contribution in [0.4, 0.5) is 5.69 Å². The monoisotopic (exact) mass is 258 g/mol. The van der Waals surface area contributed by atoms with Crippen molar-refractivity contribution in [1.29, 1.82) is 0 Å². The summed E-state index contributed by atoms with van der Waals surface area (Å²) < 4.78 is 0. The Kier molecular flexibility index (Phi) is 3.37. The second-order valence-electron chi connectivity index (χ2n) is 4.37. The van der Waals surface area contributed by atoms with Gasteiger partial charge >= 0.3 is 0 Å². The number of nitrogens with one attached hydrogen (secondary N) is 2. The molecule has 0 unspecified atom stereocenters. The lowest BCUT2D eigenvalue weighted by molar-refractivity contribution is 0.102. The number of H-pyrrole nitrogens is 1. The van der Waals surface area contributed by atoms with Gasteiger partial charge in [0.05, 0.1) is 5.56 Å². The van der Waals surface area contributed by atoms with Crippen LogP contribution in [-0.2, 0) is 0 Å². The number of aryl methyl sites for hydroxylation is 2. The van der Waals surface area contributed by atoms with Gasteiger partial charge in [-0.05, 0) is 31.0 Å². The van der Waals surface area contributed by atoms with Crippen molar-refractivity contribution < 1.29 is 9.90 Å². The predicted molar refractivity (Wildman–Crippen MR) is 72.6 cm³/mol. The molecule has 1 heterocycles. The number of amides is 1. The summed E-state index contributed by atoms with van der Waals surface area (Å²) in [5.74, 6) is -0.811. The maximum Gasteiger partial charge on any atom is 0.260 e. The van der Waals surface area contributed by atoms with Gasteiger partial charge < -0.3 is 15.4 Å². The van der Waals surface area contributed by atoms with Crippen LogP contribution >= 0.6 is 0 Å². The molecule has 98 valence electrons. The molecule has 0 fully saturated rings. The normalized spacial score (nSPS) is 10.2. The van der Waals surface area contributed by atoms with E-state index >= 15 is 0 Å². The molecule has 2 rings (SSSR count). The molecule has 5 nitrogen and oxygen atoms in total. The van der Waals surface area contributed by atoms with Crippen molar-refractivity contribution in [3.05, 3.63) is 57.5 Å². The number of aromatic hydroxyl groups is 1. The average molecular weight is 258 g/mol. The van der Waals surface area contributed by atoms with Crippen LogP contribution in [0.3, 0.4) is 0 Å². The second-order valence-corrected chi connectivity index (χ2v) is 4.37. The van der Waals surface area contributed by atoms with Gasteiger partial charge in [-0.3, -0.25) is 9.59 Å². The molecule has 2 aromatic rings. The van der Waals surface area contributed by atoms with Gasteiger partial charge in [-0.1, -0.05) is 12.1 Å². The van der Waals surface area contributed by atoms with E-state index < -0.39 is 11.5 Å². The molecule has 0 aliphatic rings. The minimum atomic E-state index is -0.470. The lowest BCUT2D eigenvalue weighted by Crippen LogP contribution is -2.15. The Hall–Kier alpha value is -2.56. The molecular weight excluding hydrogens is 244 g/mol. The van der Waals surface area contributed by atoms with Crippen LogP contribution in [0, 0.1) is 13.8 Å². The van der Waals surface area contributed by atoms with Gasteiger partial charge in [-0.2, -0.15) is 0 Å². The van der Waals surface area contributed by atoms with E-state index in [0.29, 0.717) is 5.69 Å². The number of hydrogen-bond donors (Lipinski definition) is 3. The Morgan fingerprint density at radius 1 is 1.26 bits per heavy atom. The minimum Gasteiger partial charge on any atom is -0.507 e. The van der Waals surface area contributed by atoms with Gasteiger partial charge in [0.1, 0.15) is 5.75 Å². The molecule has 1 aromatic carbocycles. The summed E-state index contributed by atoms with van der Waals surface area (Å²) >= 11 is 0. The number of carbonyl (C=O) groups is 1. The van der Waals surface area contributed by atoms with Crippen molar-refractivity contribution in [2.45, 2.75) is 13.8 Å². The predicted octanol–water partition coefficient (Wildman–Crippen LogP) is 1.95. The van der Waals surface area contributed by atoms with Crippen LogP contribution in [0.2, 0.25) is 0 Å². The first-order valence-corrected chi connectivity index (χ1v) is 5.77. The van der Waals surface area contributed by atoms with Gasteiger partial charge in [0.15, 0.2) is 0 Å². The van der Waals surface area contributed by atoms with E-state index in [2.05, 4.69) is 10.3 Å². The third kappa shape index (κ3) is 2.82. The maximum atomic E-state index is 12.0. The van der Waals surface area contributed by atoms with E-state index in [1.54, 1.807) is 0 Å². The summed E-state index contributed by atoms with van der Waals surface area (Å²) in [5.41, 5.74) is 2.19. The average Bonchev–Trinajstić information content (AvgIpc) is 2.33. The molecule has 0 aliphatic heterocycles. The number of benzene rings is 1. The Labute approximate surface area is 109 Å². The molecule has 0 aliphatic carbocycles. The lowest BCUT2D eigenvalue weighted by atomic mass is 10.1. The standard InChI is InChI=1S/C14H14N2O3/c1-8-3-4-9(2)11(5-8)16-14(19)10-7-15-13(18)6-12(10)17/h3-7H,1-2H3,(H,16,19)(H2,15,17,18). The number of hydrogen-bond acceptors (Lipinski definition) is 3. The van der Waals surface area contributed by atoms with Crippen molar-refractivity contribution in [3.8, 4) is 5.75 Å². The van der Waals surface area contributed by atoms with Crippen LogP contribution in [0.15, 0.2) is 35.3 Å². The lowest BCUT2D eigenvalue weighted by Gasteiger charge is -2.10. The van der Waals surface area contributed by atoms with E-state index in [9.17, 15) is 14.7 Å². The van der Waals surface area contributed by atoms with Crippen LogP contribution in [-0.4, -0.2) is 16.0 Å². The molecule has 19 heavy (non-hydrogen) atoms. The largest absolute Gasteiger partial charge is 0.507 e. The number of aromatic amines is 1. The third-order valence-electron chi connectivity index (χ3n) is 2.79. The fourth-order valence-electron chi connectivity index (χ4n) is 1.70. The maximum absolute atomic E-state index is 12.0. The number of rotatable bonds is 2. The molecular formula is C14H14N2O3. The summed E-state index contributed by atoms with van der Waals surface area (Å²) in [5, 5.41) is 12.3. The van der Waals surface area contributed by atoms with Gasteiger partial charge in [-0.25, -0.2) is 0 Å². The first kappa shape index (κ1) is 12.9. The Morgan fingerprint density at radius 3 is 2.68 bits per heavy atom. The highest BCUT2D eigenvalue weighted by Gasteiger charge is 2.12. The quantitative estimate of drug-likeness (QED) is 0.770. The summed E-state index contributed by atoms with van der Waals surface area (Å²) in [7, 11) is 0. The minimum absolute atomic E-state index is 0.0282. The number of carbonyl (C=O) groups excluding carboxylic acids is 1. The smallest absolute Gasteiger partial charge is 0.260 e. The highest BCUT2D eigenvalue weighted by molar-refractivity contribution is 6.06. The molecule has 5 heteroatoms. The first-order valence-electron chi connectivity index (χ1n) is 5.77.